The van der Waals surface area contributed by atoms with Gasteiger partial charge in [-0.3, -0.25) is 4.79 Å². The van der Waals surface area contributed by atoms with Gasteiger partial charge in [0.25, 0.3) is 0 Å². The first-order valence-corrected chi connectivity index (χ1v) is 12.2. The lowest BCUT2D eigenvalue weighted by Gasteiger charge is -2.29. The summed E-state index contributed by atoms with van der Waals surface area (Å²) in [5.74, 6) is -0.423. The number of nitrogens with zero attached hydrogens (tertiary/aromatic N) is 1. The van der Waals surface area contributed by atoms with E-state index < -0.39 is 5.82 Å². The van der Waals surface area contributed by atoms with E-state index in [2.05, 4.69) is 26.0 Å². The predicted octanol–water partition coefficient (Wildman–Crippen LogP) is 7.26. The zero-order valence-corrected chi connectivity index (χ0v) is 20.3. The molecule has 0 aromatic heterocycles. The number of ketones is 1. The fourth-order valence-corrected chi connectivity index (χ4v) is 5.46. The van der Waals surface area contributed by atoms with Crippen LogP contribution in [0.4, 0.5) is 4.39 Å². The molecule has 2 aliphatic rings. The minimum atomic E-state index is -0.543. The summed E-state index contributed by atoms with van der Waals surface area (Å²) in [5.41, 5.74) is 5.12. The quantitative estimate of drug-likeness (QED) is 0.429. The van der Waals surface area contributed by atoms with Crippen LogP contribution in [0, 0.1) is 28.5 Å². The highest BCUT2D eigenvalue weighted by Gasteiger charge is 2.40. The Kier molecular flexibility index (Phi) is 7.14. The molecule has 0 amide bonds. The van der Waals surface area contributed by atoms with Crippen molar-refractivity contribution in [2.45, 2.75) is 59.0 Å². The number of halogens is 1. The summed E-state index contributed by atoms with van der Waals surface area (Å²) in [6.07, 6.45) is 8.34. The van der Waals surface area contributed by atoms with Crippen LogP contribution in [0.25, 0.3) is 11.1 Å². The van der Waals surface area contributed by atoms with Gasteiger partial charge in [0.1, 0.15) is 11.9 Å². The molecule has 2 aromatic rings. The van der Waals surface area contributed by atoms with Crippen LogP contribution in [-0.4, -0.2) is 12.9 Å². The van der Waals surface area contributed by atoms with Gasteiger partial charge >= 0.3 is 0 Å². The second-order valence-electron chi connectivity index (χ2n) is 9.89. The molecule has 0 radical (unpaired) electrons. The van der Waals surface area contributed by atoms with Crippen molar-refractivity contribution in [3.8, 4) is 6.07 Å². The first-order chi connectivity index (χ1) is 16.4. The average Bonchev–Trinajstić information content (AvgIpc) is 3.01. The van der Waals surface area contributed by atoms with Crippen molar-refractivity contribution in [2.75, 3.05) is 7.11 Å². The molecule has 34 heavy (non-hydrogen) atoms. The van der Waals surface area contributed by atoms with Gasteiger partial charge in [0.2, 0.25) is 0 Å². The normalized spacial score (nSPS) is 20.0. The molecule has 4 heteroatoms. The summed E-state index contributed by atoms with van der Waals surface area (Å²) < 4.78 is 19.8. The summed E-state index contributed by atoms with van der Waals surface area (Å²) in [7, 11) is 1.67. The zero-order valence-electron chi connectivity index (χ0n) is 20.3. The Balaban J connectivity index is 1.79. The molecule has 0 saturated heterocycles. The van der Waals surface area contributed by atoms with Crippen LogP contribution < -0.4 is 0 Å². The highest BCUT2D eigenvalue weighted by Crippen LogP contribution is 2.47. The molecule has 0 unspecified atom stereocenters. The number of benzene rings is 2. The Hall–Kier alpha value is -3.03. The highest BCUT2D eigenvalue weighted by molar-refractivity contribution is 6.12. The van der Waals surface area contributed by atoms with Crippen molar-refractivity contribution in [1.82, 2.24) is 0 Å². The van der Waals surface area contributed by atoms with Crippen LogP contribution in [0.2, 0.25) is 0 Å². The Labute approximate surface area is 201 Å². The largest absolute Gasteiger partial charge is 0.380 e. The smallest absolute Gasteiger partial charge is 0.165 e. The van der Waals surface area contributed by atoms with Crippen LogP contribution in [0.15, 0.2) is 54.1 Å². The topological polar surface area (TPSA) is 50.1 Å². The molecule has 1 fully saturated rings. The number of carbonyl (C=O) groups is 1. The molecule has 1 atom stereocenters. The van der Waals surface area contributed by atoms with Gasteiger partial charge in [-0.25, -0.2) is 4.39 Å². The SMILES string of the molecule is COCc1ccc(C2=C(c3ccc(C#N)c(F)c3)C=C(C(=O)C3(C)CCCCCC3)[C@H]2C)cc1. The number of ether oxygens (including phenoxy) is 1. The maximum Gasteiger partial charge on any atom is 0.165 e. The second-order valence-corrected chi connectivity index (χ2v) is 9.89. The minimum absolute atomic E-state index is 0.0205. The summed E-state index contributed by atoms with van der Waals surface area (Å²) >= 11 is 0. The average molecular weight is 458 g/mol. The van der Waals surface area contributed by atoms with E-state index in [9.17, 15) is 9.18 Å². The molecule has 0 spiro atoms. The van der Waals surface area contributed by atoms with Gasteiger partial charge in [0, 0.05) is 24.0 Å². The van der Waals surface area contributed by atoms with E-state index in [0.717, 1.165) is 53.5 Å². The van der Waals surface area contributed by atoms with Gasteiger partial charge in [-0.05, 0) is 58.9 Å². The lowest BCUT2D eigenvalue weighted by Crippen LogP contribution is -2.30. The predicted molar refractivity (Wildman–Crippen MR) is 133 cm³/mol. The Bertz CT molecular complexity index is 1180. The van der Waals surface area contributed by atoms with Crippen LogP contribution in [0.3, 0.4) is 0 Å². The van der Waals surface area contributed by atoms with Crippen LogP contribution >= 0.6 is 0 Å². The number of rotatable bonds is 6. The van der Waals surface area contributed by atoms with E-state index >= 15 is 0 Å². The van der Waals surface area contributed by atoms with Crippen molar-refractivity contribution in [3.63, 3.8) is 0 Å². The zero-order chi connectivity index (χ0) is 24.3. The fraction of sp³-hybridized carbons (Fsp3) is 0.400. The van der Waals surface area contributed by atoms with Crippen molar-refractivity contribution in [2.24, 2.45) is 11.3 Å². The molecular formula is C30H32FNO2. The number of hydrogen-bond donors (Lipinski definition) is 0. The fourth-order valence-electron chi connectivity index (χ4n) is 5.46. The standard InChI is InChI=1S/C30H32FNO2/c1-20-25(29(33)30(2)14-6-4-5-7-15-30)17-26(23-12-13-24(18-32)27(31)16-23)28(20)22-10-8-21(9-11-22)19-34-3/h8-13,16-17,20H,4-7,14-15,19H2,1-3H3/t20-/m1/s1. The third kappa shape index (κ3) is 4.63. The molecule has 4 rings (SSSR count). The first-order valence-electron chi connectivity index (χ1n) is 12.2. The number of Topliss-reactive ketones (excluding diaryl/α,β-unsaturated/α-hetero) is 1. The minimum Gasteiger partial charge on any atom is -0.380 e. The summed E-state index contributed by atoms with van der Waals surface area (Å²) in [6, 6.07) is 14.8. The van der Waals surface area contributed by atoms with Crippen LogP contribution in [0.5, 0.6) is 0 Å². The summed E-state index contributed by atoms with van der Waals surface area (Å²) in [4.78, 5) is 13.9. The molecule has 0 bridgehead atoms. The maximum absolute atomic E-state index is 14.6. The Morgan fingerprint density at radius 1 is 1.09 bits per heavy atom. The lowest BCUT2D eigenvalue weighted by atomic mass is 9.73. The lowest BCUT2D eigenvalue weighted by molar-refractivity contribution is -0.125. The number of methoxy groups -OCH3 is 1. The van der Waals surface area contributed by atoms with Crippen LogP contribution in [-0.2, 0) is 16.1 Å². The third-order valence-electron chi connectivity index (χ3n) is 7.48. The number of carbonyl (C=O) groups excluding carboxylic acids is 1. The van der Waals surface area contributed by atoms with E-state index in [0.29, 0.717) is 12.2 Å². The Morgan fingerprint density at radius 2 is 1.74 bits per heavy atom. The maximum atomic E-state index is 14.6. The van der Waals surface area contributed by atoms with Gasteiger partial charge in [-0.2, -0.15) is 5.26 Å². The van der Waals surface area contributed by atoms with Crippen molar-refractivity contribution in [1.29, 1.82) is 5.26 Å². The molecule has 0 N–H and O–H groups in total. The van der Waals surface area contributed by atoms with Gasteiger partial charge in [0.15, 0.2) is 5.78 Å². The second kappa shape index (κ2) is 10.1. The van der Waals surface area contributed by atoms with Gasteiger partial charge in [-0.15, -0.1) is 0 Å². The molecule has 2 aliphatic carbocycles. The van der Waals surface area contributed by atoms with Crippen molar-refractivity contribution in [3.05, 3.63) is 82.2 Å². The van der Waals surface area contributed by atoms with E-state index in [1.54, 1.807) is 13.2 Å². The van der Waals surface area contributed by atoms with E-state index in [4.69, 9.17) is 10.00 Å². The molecule has 1 saturated carbocycles. The molecule has 0 heterocycles. The van der Waals surface area contributed by atoms with E-state index in [1.807, 2.05) is 24.3 Å². The number of allylic oxidation sites excluding steroid dienone is 4. The molecule has 176 valence electrons. The van der Waals surface area contributed by atoms with Gasteiger partial charge in [0.05, 0.1) is 12.2 Å². The third-order valence-corrected chi connectivity index (χ3v) is 7.48. The monoisotopic (exact) mass is 457 g/mol. The summed E-state index contributed by atoms with van der Waals surface area (Å²) in [6.45, 7) is 4.73. The van der Waals surface area contributed by atoms with E-state index in [1.165, 1.54) is 25.0 Å². The molecule has 3 nitrogen and oxygen atoms in total. The molecular weight excluding hydrogens is 425 g/mol. The molecule has 0 aliphatic heterocycles. The van der Waals surface area contributed by atoms with Crippen molar-refractivity contribution >= 4 is 16.9 Å². The highest BCUT2D eigenvalue weighted by atomic mass is 19.1. The number of hydrogen-bond acceptors (Lipinski definition) is 3. The Morgan fingerprint density at radius 3 is 2.32 bits per heavy atom. The summed E-state index contributed by atoms with van der Waals surface area (Å²) in [5, 5.41) is 9.16. The van der Waals surface area contributed by atoms with Gasteiger partial charge in [-0.1, -0.05) is 69.9 Å². The van der Waals surface area contributed by atoms with E-state index in [-0.39, 0.29) is 22.7 Å². The number of nitriles is 1. The first kappa shape index (κ1) is 24.1. The van der Waals surface area contributed by atoms with Crippen molar-refractivity contribution < 1.29 is 13.9 Å². The van der Waals surface area contributed by atoms with Crippen LogP contribution in [0.1, 0.15) is 74.6 Å². The van der Waals surface area contributed by atoms with Gasteiger partial charge < -0.3 is 4.74 Å². The molecule has 2 aromatic carbocycles.